The van der Waals surface area contributed by atoms with Crippen molar-refractivity contribution in [2.24, 2.45) is 0 Å². The van der Waals surface area contributed by atoms with Crippen LogP contribution >= 0.6 is 7.60 Å². The maximum absolute atomic E-state index is 14.3. The van der Waals surface area contributed by atoms with E-state index < -0.39 is 25.0 Å². The average Bonchev–Trinajstić information content (AvgIpc) is 2.76. The van der Waals surface area contributed by atoms with Gasteiger partial charge in [-0.25, -0.2) is 8.78 Å². The molecule has 1 unspecified atom stereocenters. The van der Waals surface area contributed by atoms with Gasteiger partial charge in [-0.3, -0.25) is 4.57 Å². The number of nitrogens with zero attached hydrogens (tertiary/aromatic N) is 1. The molecule has 0 bridgehead atoms. The molecule has 1 atom stereocenters. The summed E-state index contributed by atoms with van der Waals surface area (Å²) in [7, 11) is -3.71. The lowest BCUT2D eigenvalue weighted by Crippen LogP contribution is -2.29. The number of nitrogens with one attached hydrogen (secondary N) is 1. The molecule has 2 aromatic carbocycles. The molecule has 3 rings (SSSR count). The van der Waals surface area contributed by atoms with Crippen LogP contribution in [-0.2, 0) is 13.6 Å². The lowest BCUT2D eigenvalue weighted by molar-refractivity contribution is 0.214. The van der Waals surface area contributed by atoms with Crippen molar-refractivity contribution in [3.05, 3.63) is 59.7 Å². The summed E-state index contributed by atoms with van der Waals surface area (Å²) in [5.41, 5.74) is 1.60. The van der Waals surface area contributed by atoms with Crippen LogP contribution < -0.4 is 10.2 Å². The largest absolute Gasteiger partial charge is 0.372 e. The number of rotatable bonds is 9. The molecule has 1 aliphatic rings. The number of anilines is 2. The van der Waals surface area contributed by atoms with E-state index in [1.54, 1.807) is 13.8 Å². The second-order valence-electron chi connectivity index (χ2n) is 7.16. The highest BCUT2D eigenvalue weighted by molar-refractivity contribution is 7.54. The van der Waals surface area contributed by atoms with E-state index >= 15 is 0 Å². The highest BCUT2D eigenvalue weighted by Crippen LogP contribution is 2.61. The van der Waals surface area contributed by atoms with Crippen molar-refractivity contribution in [2.75, 3.05) is 36.5 Å². The first-order chi connectivity index (χ1) is 14.5. The fourth-order valence-corrected chi connectivity index (χ4v) is 5.60. The summed E-state index contributed by atoms with van der Waals surface area (Å²) < 4.78 is 52.7. The minimum Gasteiger partial charge on any atom is -0.372 e. The molecule has 8 heteroatoms. The molecule has 30 heavy (non-hydrogen) atoms. The van der Waals surface area contributed by atoms with Gasteiger partial charge in [-0.05, 0) is 62.9 Å². The summed E-state index contributed by atoms with van der Waals surface area (Å²) in [6.45, 7) is 5.76. The van der Waals surface area contributed by atoms with E-state index in [0.29, 0.717) is 5.56 Å². The van der Waals surface area contributed by atoms with Crippen LogP contribution in [0.3, 0.4) is 0 Å². The molecule has 0 spiro atoms. The van der Waals surface area contributed by atoms with Crippen molar-refractivity contribution in [1.29, 1.82) is 0 Å². The Balaban J connectivity index is 1.95. The minimum absolute atomic E-state index is 0.0975. The number of benzene rings is 2. The molecule has 0 amide bonds. The number of hydrogen-bond acceptors (Lipinski definition) is 5. The molecule has 0 radical (unpaired) electrons. The van der Waals surface area contributed by atoms with Gasteiger partial charge in [-0.15, -0.1) is 0 Å². The van der Waals surface area contributed by atoms with Crippen LogP contribution in [0.25, 0.3) is 0 Å². The van der Waals surface area contributed by atoms with Crippen molar-refractivity contribution in [2.45, 2.75) is 38.9 Å². The van der Waals surface area contributed by atoms with Gasteiger partial charge in [0.2, 0.25) is 0 Å². The van der Waals surface area contributed by atoms with E-state index in [1.165, 1.54) is 18.6 Å². The first-order valence-corrected chi connectivity index (χ1v) is 12.0. The van der Waals surface area contributed by atoms with E-state index in [4.69, 9.17) is 9.05 Å². The highest BCUT2D eigenvalue weighted by Gasteiger charge is 2.37. The Labute approximate surface area is 176 Å². The normalized spacial score (nSPS) is 15.8. The van der Waals surface area contributed by atoms with Gasteiger partial charge in [-0.1, -0.05) is 18.2 Å². The van der Waals surface area contributed by atoms with Gasteiger partial charge in [0, 0.05) is 18.8 Å². The van der Waals surface area contributed by atoms with E-state index in [-0.39, 0.29) is 18.9 Å². The maximum Gasteiger partial charge on any atom is 0.357 e. The smallest absolute Gasteiger partial charge is 0.357 e. The van der Waals surface area contributed by atoms with Crippen LogP contribution in [0.4, 0.5) is 20.2 Å². The topological polar surface area (TPSA) is 50.8 Å². The minimum atomic E-state index is -3.71. The summed E-state index contributed by atoms with van der Waals surface area (Å²) in [4.78, 5) is 2.31. The van der Waals surface area contributed by atoms with Gasteiger partial charge in [0.15, 0.2) is 17.4 Å². The Kier molecular flexibility index (Phi) is 7.87. The first kappa shape index (κ1) is 22.7. The zero-order valence-electron chi connectivity index (χ0n) is 17.4. The van der Waals surface area contributed by atoms with Crippen LogP contribution in [0.15, 0.2) is 42.5 Å². The van der Waals surface area contributed by atoms with Crippen LogP contribution in [0.5, 0.6) is 0 Å². The van der Waals surface area contributed by atoms with Gasteiger partial charge in [0.1, 0.15) is 0 Å². The van der Waals surface area contributed by atoms with Crippen molar-refractivity contribution >= 4 is 19.0 Å². The molecule has 1 heterocycles. The van der Waals surface area contributed by atoms with Gasteiger partial charge in [0.25, 0.3) is 0 Å². The van der Waals surface area contributed by atoms with E-state index in [0.717, 1.165) is 37.7 Å². The molecular formula is C22H29F2N2O3P. The molecule has 0 saturated carbocycles. The first-order valence-electron chi connectivity index (χ1n) is 10.4. The molecule has 0 aliphatic carbocycles. The van der Waals surface area contributed by atoms with Gasteiger partial charge >= 0.3 is 7.60 Å². The van der Waals surface area contributed by atoms with Gasteiger partial charge in [0.05, 0.1) is 18.9 Å². The summed E-state index contributed by atoms with van der Waals surface area (Å²) >= 11 is 0. The Bertz CT molecular complexity index is 863. The van der Waals surface area contributed by atoms with Crippen molar-refractivity contribution in [1.82, 2.24) is 0 Å². The second kappa shape index (κ2) is 10.4. The predicted molar refractivity (Wildman–Crippen MR) is 116 cm³/mol. The van der Waals surface area contributed by atoms with Crippen LogP contribution in [0.1, 0.15) is 44.5 Å². The standard InChI is InChI=1S/C22H29F2N2O3P/c1-3-28-30(27,29-4-2)22(25-20-10-8-9-19(23)21(20)24)17-11-13-18(14-12-17)26-15-6-5-7-16-26/h8-14,22,25H,3-7,15-16H2,1-2H3. The van der Waals surface area contributed by atoms with Gasteiger partial charge < -0.3 is 19.3 Å². The number of piperidine rings is 1. The van der Waals surface area contributed by atoms with Crippen LogP contribution in [-0.4, -0.2) is 26.3 Å². The average molecular weight is 438 g/mol. The van der Waals surface area contributed by atoms with Crippen molar-refractivity contribution in [3.8, 4) is 0 Å². The van der Waals surface area contributed by atoms with Gasteiger partial charge in [-0.2, -0.15) is 0 Å². The quantitative estimate of drug-likeness (QED) is 0.464. The SMILES string of the molecule is CCOP(=O)(OCC)C(Nc1cccc(F)c1F)c1ccc(N2CCCCC2)cc1. The lowest BCUT2D eigenvalue weighted by atomic mass is 10.1. The van der Waals surface area contributed by atoms with Crippen LogP contribution in [0, 0.1) is 11.6 Å². The summed E-state index contributed by atoms with van der Waals surface area (Å²) in [5.74, 6) is -3.00. The Morgan fingerprint density at radius 1 is 1.00 bits per heavy atom. The highest BCUT2D eigenvalue weighted by atomic mass is 31.2. The molecule has 2 aromatic rings. The number of hydrogen-bond donors (Lipinski definition) is 1. The van der Waals surface area contributed by atoms with E-state index in [1.807, 2.05) is 24.3 Å². The fourth-order valence-electron chi connectivity index (χ4n) is 3.67. The molecular weight excluding hydrogens is 409 g/mol. The maximum atomic E-state index is 14.3. The molecule has 1 saturated heterocycles. The fraction of sp³-hybridized carbons (Fsp3) is 0.455. The molecule has 1 aliphatic heterocycles. The summed E-state index contributed by atoms with van der Waals surface area (Å²) in [5, 5.41) is 2.87. The monoisotopic (exact) mass is 438 g/mol. The third kappa shape index (κ3) is 5.20. The van der Waals surface area contributed by atoms with Crippen molar-refractivity contribution < 1.29 is 22.4 Å². The van der Waals surface area contributed by atoms with Crippen molar-refractivity contribution in [3.63, 3.8) is 0 Å². The Morgan fingerprint density at radius 2 is 1.63 bits per heavy atom. The molecule has 164 valence electrons. The second-order valence-corrected chi connectivity index (χ2v) is 9.28. The summed E-state index contributed by atoms with van der Waals surface area (Å²) in [6.07, 6.45) is 3.56. The molecule has 1 fully saturated rings. The zero-order valence-corrected chi connectivity index (χ0v) is 18.3. The Morgan fingerprint density at radius 3 is 2.23 bits per heavy atom. The lowest BCUT2D eigenvalue weighted by Gasteiger charge is -2.30. The predicted octanol–water partition coefficient (Wildman–Crippen LogP) is 6.33. The van der Waals surface area contributed by atoms with Crippen LogP contribution in [0.2, 0.25) is 0 Å². The van der Waals surface area contributed by atoms with E-state index in [2.05, 4.69) is 10.2 Å². The summed E-state index contributed by atoms with van der Waals surface area (Å²) in [6, 6.07) is 11.4. The van der Waals surface area contributed by atoms with E-state index in [9.17, 15) is 13.3 Å². The zero-order chi connectivity index (χ0) is 21.6. The molecule has 1 N–H and O–H groups in total. The third-order valence-corrected chi connectivity index (χ3v) is 7.40. The molecule has 5 nitrogen and oxygen atoms in total. The Hall–Kier alpha value is -1.95. The number of halogens is 2. The third-order valence-electron chi connectivity index (χ3n) is 5.11. The molecule has 0 aromatic heterocycles.